The lowest BCUT2D eigenvalue weighted by Gasteiger charge is -2.13. The van der Waals surface area contributed by atoms with Crippen molar-refractivity contribution in [1.82, 2.24) is 0 Å². The van der Waals surface area contributed by atoms with Crippen molar-refractivity contribution in [3.63, 3.8) is 0 Å². The van der Waals surface area contributed by atoms with E-state index in [1.165, 1.54) is 5.56 Å². The molecule has 16 heavy (non-hydrogen) atoms. The van der Waals surface area contributed by atoms with E-state index in [0.717, 1.165) is 17.9 Å². The maximum Gasteiger partial charge on any atom is 0.161 e. The molecule has 2 N–H and O–H groups in total. The molecule has 90 valence electrons. The summed E-state index contributed by atoms with van der Waals surface area (Å²) in [7, 11) is 0. The van der Waals surface area contributed by atoms with Crippen LogP contribution in [0.25, 0.3) is 0 Å². The molecule has 1 aromatic rings. The summed E-state index contributed by atoms with van der Waals surface area (Å²) >= 11 is 0. The third-order valence-corrected chi connectivity index (χ3v) is 2.17. The van der Waals surface area contributed by atoms with E-state index in [-0.39, 0.29) is 6.04 Å². The van der Waals surface area contributed by atoms with Gasteiger partial charge in [0, 0.05) is 6.04 Å². The van der Waals surface area contributed by atoms with Crippen LogP contribution in [-0.2, 0) is 6.42 Å². The molecule has 1 rings (SSSR count). The average Bonchev–Trinajstić information content (AvgIpc) is 2.21. The summed E-state index contributed by atoms with van der Waals surface area (Å²) < 4.78 is 11.0. The zero-order chi connectivity index (χ0) is 12.0. The van der Waals surface area contributed by atoms with Gasteiger partial charge in [-0.2, -0.15) is 0 Å². The Morgan fingerprint density at radius 2 is 1.75 bits per heavy atom. The largest absolute Gasteiger partial charge is 0.490 e. The van der Waals surface area contributed by atoms with Crippen LogP contribution in [0.4, 0.5) is 0 Å². The highest BCUT2D eigenvalue weighted by Crippen LogP contribution is 2.28. The third-order valence-electron chi connectivity index (χ3n) is 2.17. The molecule has 0 aliphatic heterocycles. The molecule has 0 saturated heterocycles. The Balaban J connectivity index is 2.87. The van der Waals surface area contributed by atoms with Crippen molar-refractivity contribution in [1.29, 1.82) is 0 Å². The Hall–Kier alpha value is -1.22. The van der Waals surface area contributed by atoms with Crippen LogP contribution in [0.15, 0.2) is 18.2 Å². The van der Waals surface area contributed by atoms with Gasteiger partial charge in [0.05, 0.1) is 13.2 Å². The quantitative estimate of drug-likeness (QED) is 0.805. The molecule has 1 aromatic carbocycles. The second-order valence-corrected chi connectivity index (χ2v) is 3.83. The van der Waals surface area contributed by atoms with Gasteiger partial charge in [0.1, 0.15) is 0 Å². The van der Waals surface area contributed by atoms with Gasteiger partial charge < -0.3 is 15.2 Å². The molecule has 0 amide bonds. The van der Waals surface area contributed by atoms with Gasteiger partial charge >= 0.3 is 0 Å². The van der Waals surface area contributed by atoms with Crippen LogP contribution in [0.1, 0.15) is 26.3 Å². The predicted octanol–water partition coefficient (Wildman–Crippen LogP) is 2.37. The van der Waals surface area contributed by atoms with E-state index in [1.807, 2.05) is 39.0 Å². The summed E-state index contributed by atoms with van der Waals surface area (Å²) in [6.45, 7) is 7.21. The normalized spacial score (nSPS) is 12.2. The Kier molecular flexibility index (Phi) is 5.12. The van der Waals surface area contributed by atoms with Crippen molar-refractivity contribution >= 4 is 0 Å². The Bertz CT molecular complexity index is 324. The summed E-state index contributed by atoms with van der Waals surface area (Å²) in [4.78, 5) is 0. The minimum absolute atomic E-state index is 0.160. The molecule has 0 aromatic heterocycles. The number of hydrogen-bond donors (Lipinski definition) is 1. The summed E-state index contributed by atoms with van der Waals surface area (Å²) in [5.41, 5.74) is 6.96. The van der Waals surface area contributed by atoms with Crippen LogP contribution < -0.4 is 15.2 Å². The van der Waals surface area contributed by atoms with Crippen molar-refractivity contribution in [3.8, 4) is 11.5 Å². The van der Waals surface area contributed by atoms with Gasteiger partial charge in [-0.3, -0.25) is 0 Å². The molecule has 0 aliphatic rings. The first-order chi connectivity index (χ1) is 7.67. The van der Waals surface area contributed by atoms with Crippen LogP contribution in [0.3, 0.4) is 0 Å². The monoisotopic (exact) mass is 223 g/mol. The molecule has 0 fully saturated rings. The summed E-state index contributed by atoms with van der Waals surface area (Å²) in [5.74, 6) is 1.61. The van der Waals surface area contributed by atoms with E-state index in [4.69, 9.17) is 15.2 Å². The van der Waals surface area contributed by atoms with Crippen LogP contribution in [-0.4, -0.2) is 19.3 Å². The summed E-state index contributed by atoms with van der Waals surface area (Å²) in [6.07, 6.45) is 0.854. The molecule has 3 nitrogen and oxygen atoms in total. The molecular formula is C13H21NO2. The standard InChI is InChI=1S/C13H21NO2/c1-4-15-12-7-6-11(8-10(3)14)9-13(12)16-5-2/h6-7,9-10H,4-5,8,14H2,1-3H3. The van der Waals surface area contributed by atoms with Crippen molar-refractivity contribution in [2.75, 3.05) is 13.2 Å². The van der Waals surface area contributed by atoms with Gasteiger partial charge in [-0.25, -0.2) is 0 Å². The van der Waals surface area contributed by atoms with Gasteiger partial charge in [-0.1, -0.05) is 6.07 Å². The topological polar surface area (TPSA) is 44.5 Å². The molecule has 3 heteroatoms. The van der Waals surface area contributed by atoms with Gasteiger partial charge in [0.15, 0.2) is 11.5 Å². The van der Waals surface area contributed by atoms with Crippen molar-refractivity contribution < 1.29 is 9.47 Å². The van der Waals surface area contributed by atoms with Crippen LogP contribution in [0, 0.1) is 0 Å². The first-order valence-corrected chi connectivity index (χ1v) is 5.81. The number of hydrogen-bond acceptors (Lipinski definition) is 3. The third kappa shape index (κ3) is 3.74. The minimum Gasteiger partial charge on any atom is -0.490 e. The average molecular weight is 223 g/mol. The lowest BCUT2D eigenvalue weighted by atomic mass is 10.1. The molecule has 1 unspecified atom stereocenters. The maximum absolute atomic E-state index is 5.77. The molecule has 1 atom stereocenters. The summed E-state index contributed by atoms with van der Waals surface area (Å²) in [6, 6.07) is 6.16. The van der Waals surface area contributed by atoms with Gasteiger partial charge in [-0.05, 0) is 44.9 Å². The number of benzene rings is 1. The zero-order valence-electron chi connectivity index (χ0n) is 10.3. The Morgan fingerprint density at radius 3 is 2.31 bits per heavy atom. The van der Waals surface area contributed by atoms with Crippen LogP contribution in [0.2, 0.25) is 0 Å². The highest BCUT2D eigenvalue weighted by molar-refractivity contribution is 5.43. The van der Waals surface area contributed by atoms with E-state index < -0.39 is 0 Å². The van der Waals surface area contributed by atoms with Gasteiger partial charge in [0.2, 0.25) is 0 Å². The fourth-order valence-corrected chi connectivity index (χ4v) is 1.59. The lowest BCUT2D eigenvalue weighted by Crippen LogP contribution is -2.17. The number of nitrogens with two attached hydrogens (primary N) is 1. The summed E-state index contributed by atoms with van der Waals surface area (Å²) in [5, 5.41) is 0. The molecule has 0 bridgehead atoms. The lowest BCUT2D eigenvalue weighted by molar-refractivity contribution is 0.287. The van der Waals surface area contributed by atoms with Gasteiger partial charge in [-0.15, -0.1) is 0 Å². The van der Waals surface area contributed by atoms with Crippen molar-refractivity contribution in [2.24, 2.45) is 5.73 Å². The van der Waals surface area contributed by atoms with E-state index in [1.54, 1.807) is 0 Å². The molecule has 0 aliphatic carbocycles. The molecule has 0 saturated carbocycles. The van der Waals surface area contributed by atoms with E-state index in [2.05, 4.69) is 0 Å². The Morgan fingerprint density at radius 1 is 1.12 bits per heavy atom. The second-order valence-electron chi connectivity index (χ2n) is 3.83. The number of rotatable bonds is 6. The predicted molar refractivity (Wildman–Crippen MR) is 66.1 cm³/mol. The minimum atomic E-state index is 0.160. The second kappa shape index (κ2) is 6.38. The fourth-order valence-electron chi connectivity index (χ4n) is 1.59. The zero-order valence-corrected chi connectivity index (χ0v) is 10.3. The molecular weight excluding hydrogens is 202 g/mol. The first kappa shape index (κ1) is 12.8. The first-order valence-electron chi connectivity index (χ1n) is 5.81. The van der Waals surface area contributed by atoms with E-state index >= 15 is 0 Å². The van der Waals surface area contributed by atoms with Crippen LogP contribution >= 0.6 is 0 Å². The Labute approximate surface area is 97.6 Å². The maximum atomic E-state index is 5.77. The number of ether oxygens (including phenoxy) is 2. The van der Waals surface area contributed by atoms with Crippen molar-refractivity contribution in [3.05, 3.63) is 23.8 Å². The SMILES string of the molecule is CCOc1ccc(CC(C)N)cc1OCC. The smallest absolute Gasteiger partial charge is 0.161 e. The highest BCUT2D eigenvalue weighted by atomic mass is 16.5. The van der Waals surface area contributed by atoms with Gasteiger partial charge in [0.25, 0.3) is 0 Å². The molecule has 0 radical (unpaired) electrons. The highest BCUT2D eigenvalue weighted by Gasteiger charge is 2.07. The van der Waals surface area contributed by atoms with Crippen LogP contribution in [0.5, 0.6) is 11.5 Å². The molecule has 0 spiro atoms. The molecule has 0 heterocycles. The van der Waals surface area contributed by atoms with Crippen molar-refractivity contribution in [2.45, 2.75) is 33.2 Å². The van der Waals surface area contributed by atoms with E-state index in [9.17, 15) is 0 Å². The fraction of sp³-hybridized carbons (Fsp3) is 0.538. The van der Waals surface area contributed by atoms with E-state index in [0.29, 0.717) is 13.2 Å².